The lowest BCUT2D eigenvalue weighted by Crippen LogP contribution is -2.36. The average Bonchev–Trinajstić information content (AvgIpc) is 3.50. The fraction of sp³-hybridized carbons (Fsp3) is 0.227. The second kappa shape index (κ2) is 8.13. The molecule has 6 rings (SSSR count). The van der Waals surface area contributed by atoms with E-state index >= 15 is 0 Å². The Kier molecular flexibility index (Phi) is 4.85. The van der Waals surface area contributed by atoms with Crippen molar-refractivity contribution in [2.45, 2.75) is 6.54 Å². The molecule has 160 valence electrons. The zero-order valence-corrected chi connectivity index (χ0v) is 18.0. The Balaban J connectivity index is 1.44. The van der Waals surface area contributed by atoms with E-state index in [1.54, 1.807) is 36.1 Å². The Hall–Kier alpha value is -3.63. The molecule has 10 heteroatoms. The van der Waals surface area contributed by atoms with Gasteiger partial charge in [-0.25, -0.2) is 9.97 Å². The number of morpholine rings is 1. The highest BCUT2D eigenvalue weighted by atomic mass is 32.1. The van der Waals surface area contributed by atoms with E-state index in [1.807, 2.05) is 18.3 Å². The summed E-state index contributed by atoms with van der Waals surface area (Å²) in [5, 5.41) is 11.5. The molecule has 0 aromatic carbocycles. The standard InChI is InChI=1S/C22H20N8OS/c1-2-14(9-23-3-1)25-10-15-8-18-20(32-15)22(30-4-6-31-7-5-30)28-21(27-18)17-11-24-13-19-16(17)12-26-29-19/h1-3,8-9,11-13,25H,4-7,10H2,(H,26,29). The molecule has 0 unspecified atom stereocenters. The Morgan fingerprint density at radius 3 is 2.91 bits per heavy atom. The van der Waals surface area contributed by atoms with Crippen molar-refractivity contribution >= 4 is 44.0 Å². The molecule has 0 spiro atoms. The summed E-state index contributed by atoms with van der Waals surface area (Å²) >= 11 is 1.72. The molecule has 1 aliphatic rings. The molecule has 0 amide bonds. The van der Waals surface area contributed by atoms with Crippen molar-refractivity contribution in [3.8, 4) is 11.4 Å². The lowest BCUT2D eigenvalue weighted by Gasteiger charge is -2.28. The molecule has 0 bridgehead atoms. The van der Waals surface area contributed by atoms with Crippen molar-refractivity contribution in [3.05, 3.63) is 54.1 Å². The molecule has 0 radical (unpaired) electrons. The first-order valence-corrected chi connectivity index (χ1v) is 11.2. The molecular weight excluding hydrogens is 424 g/mol. The monoisotopic (exact) mass is 444 g/mol. The largest absolute Gasteiger partial charge is 0.379 e. The third-order valence-corrected chi connectivity index (χ3v) is 6.57. The lowest BCUT2D eigenvalue weighted by atomic mass is 10.2. The van der Waals surface area contributed by atoms with Gasteiger partial charge >= 0.3 is 0 Å². The summed E-state index contributed by atoms with van der Waals surface area (Å²) in [6.07, 6.45) is 8.96. The first-order chi connectivity index (χ1) is 15.8. The van der Waals surface area contributed by atoms with E-state index in [0.717, 1.165) is 51.3 Å². The maximum absolute atomic E-state index is 5.57. The smallest absolute Gasteiger partial charge is 0.164 e. The summed E-state index contributed by atoms with van der Waals surface area (Å²) in [6, 6.07) is 6.07. The number of aromatic amines is 1. The van der Waals surface area contributed by atoms with E-state index in [4.69, 9.17) is 14.7 Å². The third kappa shape index (κ3) is 3.53. The van der Waals surface area contributed by atoms with Crippen LogP contribution in [0.1, 0.15) is 4.88 Å². The number of anilines is 2. The van der Waals surface area contributed by atoms with Crippen LogP contribution in [-0.4, -0.2) is 56.4 Å². The SMILES string of the molecule is c1cncc(NCc2cc3nc(-c4cncc5[nH]ncc45)nc(N4CCOCC4)c3s2)c1. The van der Waals surface area contributed by atoms with Crippen LogP contribution >= 0.6 is 11.3 Å². The van der Waals surface area contributed by atoms with Gasteiger partial charge in [0.15, 0.2) is 11.6 Å². The highest BCUT2D eigenvalue weighted by Gasteiger charge is 2.21. The fourth-order valence-corrected chi connectivity index (χ4v) is 4.91. The van der Waals surface area contributed by atoms with Gasteiger partial charge in [0.1, 0.15) is 0 Å². The lowest BCUT2D eigenvalue weighted by molar-refractivity contribution is 0.122. The van der Waals surface area contributed by atoms with Crippen LogP contribution in [0, 0.1) is 0 Å². The number of ether oxygens (including phenoxy) is 1. The topological polar surface area (TPSA) is 105 Å². The molecule has 0 atom stereocenters. The minimum Gasteiger partial charge on any atom is -0.379 e. The average molecular weight is 445 g/mol. The fourth-order valence-electron chi connectivity index (χ4n) is 3.86. The first kappa shape index (κ1) is 19.1. The van der Waals surface area contributed by atoms with Crippen LogP contribution in [-0.2, 0) is 11.3 Å². The van der Waals surface area contributed by atoms with E-state index in [9.17, 15) is 0 Å². The maximum Gasteiger partial charge on any atom is 0.164 e. The van der Waals surface area contributed by atoms with Gasteiger partial charge in [-0.1, -0.05) is 0 Å². The van der Waals surface area contributed by atoms with Gasteiger partial charge in [0.25, 0.3) is 0 Å². The van der Waals surface area contributed by atoms with Crippen LogP contribution in [0.2, 0.25) is 0 Å². The van der Waals surface area contributed by atoms with Gasteiger partial charge in [-0.3, -0.25) is 15.1 Å². The molecule has 0 aliphatic carbocycles. The van der Waals surface area contributed by atoms with Crippen molar-refractivity contribution in [3.63, 3.8) is 0 Å². The number of pyridine rings is 2. The van der Waals surface area contributed by atoms with E-state index in [0.29, 0.717) is 25.6 Å². The van der Waals surface area contributed by atoms with E-state index in [1.165, 1.54) is 4.88 Å². The summed E-state index contributed by atoms with van der Waals surface area (Å²) in [6.45, 7) is 3.70. The summed E-state index contributed by atoms with van der Waals surface area (Å²) in [5.74, 6) is 1.61. The summed E-state index contributed by atoms with van der Waals surface area (Å²) in [4.78, 5) is 21.9. The highest BCUT2D eigenvalue weighted by Crippen LogP contribution is 2.35. The van der Waals surface area contributed by atoms with Gasteiger partial charge in [0.2, 0.25) is 0 Å². The highest BCUT2D eigenvalue weighted by molar-refractivity contribution is 7.19. The molecule has 0 saturated carbocycles. The minimum absolute atomic E-state index is 0.656. The molecule has 5 aromatic heterocycles. The molecule has 6 heterocycles. The van der Waals surface area contributed by atoms with Gasteiger partial charge in [0, 0.05) is 54.1 Å². The van der Waals surface area contributed by atoms with Crippen molar-refractivity contribution in [2.75, 3.05) is 36.5 Å². The number of hydrogen-bond acceptors (Lipinski definition) is 9. The van der Waals surface area contributed by atoms with Gasteiger partial charge in [-0.2, -0.15) is 5.10 Å². The number of H-pyrrole nitrogens is 1. The van der Waals surface area contributed by atoms with Crippen molar-refractivity contribution in [1.82, 2.24) is 30.1 Å². The third-order valence-electron chi connectivity index (χ3n) is 5.45. The maximum atomic E-state index is 5.57. The van der Waals surface area contributed by atoms with Gasteiger partial charge in [0.05, 0.1) is 47.0 Å². The van der Waals surface area contributed by atoms with Crippen LogP contribution in [0.5, 0.6) is 0 Å². The number of aromatic nitrogens is 6. The second-order valence-corrected chi connectivity index (χ2v) is 8.65. The molecule has 5 aromatic rings. The molecule has 1 saturated heterocycles. The quantitative estimate of drug-likeness (QED) is 0.425. The van der Waals surface area contributed by atoms with E-state index in [-0.39, 0.29) is 0 Å². The first-order valence-electron chi connectivity index (χ1n) is 10.4. The van der Waals surface area contributed by atoms with Crippen LogP contribution in [0.25, 0.3) is 32.5 Å². The number of fused-ring (bicyclic) bond motifs is 2. The predicted molar refractivity (Wildman–Crippen MR) is 125 cm³/mol. The van der Waals surface area contributed by atoms with Crippen LogP contribution in [0.3, 0.4) is 0 Å². The zero-order chi connectivity index (χ0) is 21.3. The minimum atomic E-state index is 0.656. The van der Waals surface area contributed by atoms with Crippen molar-refractivity contribution < 1.29 is 4.74 Å². The van der Waals surface area contributed by atoms with Crippen LogP contribution in [0.4, 0.5) is 11.5 Å². The summed E-state index contributed by atoms with van der Waals surface area (Å²) in [5.41, 5.74) is 3.66. The molecule has 1 fully saturated rings. The molecule has 32 heavy (non-hydrogen) atoms. The van der Waals surface area contributed by atoms with Crippen LogP contribution in [0.15, 0.2) is 49.2 Å². The van der Waals surface area contributed by atoms with Gasteiger partial charge in [-0.15, -0.1) is 11.3 Å². The summed E-state index contributed by atoms with van der Waals surface area (Å²) in [7, 11) is 0. The number of rotatable bonds is 5. The van der Waals surface area contributed by atoms with Gasteiger partial charge in [-0.05, 0) is 18.2 Å². The Morgan fingerprint density at radius 2 is 2.03 bits per heavy atom. The predicted octanol–water partition coefficient (Wildman–Crippen LogP) is 3.47. The zero-order valence-electron chi connectivity index (χ0n) is 17.2. The summed E-state index contributed by atoms with van der Waals surface area (Å²) < 4.78 is 6.66. The molecule has 2 N–H and O–H groups in total. The second-order valence-electron chi connectivity index (χ2n) is 7.51. The Morgan fingerprint density at radius 1 is 1.09 bits per heavy atom. The number of nitrogens with zero attached hydrogens (tertiary/aromatic N) is 6. The molecular formula is C22H20N8OS. The normalized spacial score (nSPS) is 14.3. The Labute approximate surface area is 187 Å². The van der Waals surface area contributed by atoms with Crippen molar-refractivity contribution in [2.24, 2.45) is 0 Å². The van der Waals surface area contributed by atoms with E-state index in [2.05, 4.69) is 36.4 Å². The molecule has 9 nitrogen and oxygen atoms in total. The van der Waals surface area contributed by atoms with Crippen LogP contribution < -0.4 is 10.2 Å². The number of nitrogens with one attached hydrogen (secondary N) is 2. The number of hydrogen-bond donors (Lipinski definition) is 2. The van der Waals surface area contributed by atoms with Gasteiger partial charge < -0.3 is 15.0 Å². The molecule has 1 aliphatic heterocycles. The number of thiophene rings is 1. The van der Waals surface area contributed by atoms with Crippen molar-refractivity contribution in [1.29, 1.82) is 0 Å². The Bertz CT molecular complexity index is 1380. The van der Waals surface area contributed by atoms with E-state index < -0.39 is 0 Å².